The van der Waals surface area contributed by atoms with Gasteiger partial charge in [-0.05, 0) is 41.8 Å². The number of aromatic nitrogens is 2. The zero-order valence-electron chi connectivity index (χ0n) is 17.9. The highest BCUT2D eigenvalue weighted by Gasteiger charge is 2.17. The normalized spacial score (nSPS) is 10.8. The van der Waals surface area contributed by atoms with Gasteiger partial charge in [0.05, 0.1) is 41.6 Å². The fraction of sp³-hybridized carbons (Fsp3) is 0.0800. The van der Waals surface area contributed by atoms with Crippen LogP contribution in [0.3, 0.4) is 0 Å². The molecule has 5 rings (SSSR count). The molecular weight excluding hydrogens is 454 g/mol. The molecule has 1 amide bonds. The predicted octanol–water partition coefficient (Wildman–Crippen LogP) is 6.36. The standard InChI is InChI=1S/C25H19N3O3S2/c1-30-15-9-10-22(31-2)18(12-15)21-14-33-25(27-21)28-24(29)17-13-20(23-8-5-11-32-23)26-19-7-4-3-6-16(17)19/h3-14H,1-2H3,(H,27,28,29). The number of methoxy groups -OCH3 is 2. The van der Waals surface area contributed by atoms with E-state index in [2.05, 4.69) is 10.3 Å². The van der Waals surface area contributed by atoms with E-state index in [9.17, 15) is 4.79 Å². The van der Waals surface area contributed by atoms with Gasteiger partial charge in [-0.2, -0.15) is 0 Å². The van der Waals surface area contributed by atoms with E-state index in [-0.39, 0.29) is 5.91 Å². The molecule has 0 unspecified atom stereocenters. The number of pyridine rings is 1. The van der Waals surface area contributed by atoms with Crippen molar-refractivity contribution in [2.24, 2.45) is 0 Å². The zero-order chi connectivity index (χ0) is 22.8. The first-order valence-electron chi connectivity index (χ1n) is 10.1. The van der Waals surface area contributed by atoms with Crippen LogP contribution in [-0.2, 0) is 0 Å². The Balaban J connectivity index is 1.49. The molecule has 0 fully saturated rings. The largest absolute Gasteiger partial charge is 0.497 e. The summed E-state index contributed by atoms with van der Waals surface area (Å²) in [6.45, 7) is 0. The monoisotopic (exact) mass is 473 g/mol. The maximum atomic E-state index is 13.3. The number of para-hydroxylation sites is 1. The third kappa shape index (κ3) is 4.18. The molecule has 0 aliphatic heterocycles. The van der Waals surface area contributed by atoms with Crippen molar-refractivity contribution in [3.8, 4) is 33.3 Å². The van der Waals surface area contributed by atoms with Crippen LogP contribution >= 0.6 is 22.7 Å². The molecular formula is C25H19N3O3S2. The van der Waals surface area contributed by atoms with Crippen molar-refractivity contribution in [2.75, 3.05) is 19.5 Å². The smallest absolute Gasteiger partial charge is 0.258 e. The highest BCUT2D eigenvalue weighted by molar-refractivity contribution is 7.14. The summed E-state index contributed by atoms with van der Waals surface area (Å²) in [5, 5.41) is 8.12. The molecule has 6 nitrogen and oxygen atoms in total. The van der Waals surface area contributed by atoms with E-state index in [0.717, 1.165) is 27.0 Å². The van der Waals surface area contributed by atoms with Crippen LogP contribution in [0.1, 0.15) is 10.4 Å². The molecule has 0 saturated heterocycles. The highest BCUT2D eigenvalue weighted by Crippen LogP contribution is 2.35. The second-order valence-electron chi connectivity index (χ2n) is 7.11. The molecule has 0 aliphatic rings. The number of thiazole rings is 1. The van der Waals surface area contributed by atoms with Gasteiger partial charge in [0, 0.05) is 16.3 Å². The second kappa shape index (κ2) is 9.01. The average molecular weight is 474 g/mol. The summed E-state index contributed by atoms with van der Waals surface area (Å²) in [6, 6.07) is 19.0. The van der Waals surface area contributed by atoms with Crippen LogP contribution in [0.5, 0.6) is 11.5 Å². The van der Waals surface area contributed by atoms with Gasteiger partial charge in [0.2, 0.25) is 0 Å². The van der Waals surface area contributed by atoms with E-state index >= 15 is 0 Å². The van der Waals surface area contributed by atoms with Crippen molar-refractivity contribution < 1.29 is 14.3 Å². The molecule has 0 bridgehead atoms. The molecule has 0 atom stereocenters. The molecule has 1 N–H and O–H groups in total. The van der Waals surface area contributed by atoms with E-state index in [1.54, 1.807) is 25.6 Å². The molecule has 0 spiro atoms. The summed E-state index contributed by atoms with van der Waals surface area (Å²) in [4.78, 5) is 23.7. The number of thiophene rings is 1. The lowest BCUT2D eigenvalue weighted by atomic mass is 10.1. The number of rotatable bonds is 6. The Hall–Kier alpha value is -3.75. The summed E-state index contributed by atoms with van der Waals surface area (Å²) in [6.07, 6.45) is 0. The quantitative estimate of drug-likeness (QED) is 0.311. The van der Waals surface area contributed by atoms with E-state index in [0.29, 0.717) is 27.9 Å². The SMILES string of the molecule is COc1ccc(OC)c(-c2csc(NC(=O)c3cc(-c4cccs4)nc4ccccc34)n2)c1. The molecule has 164 valence electrons. The number of benzene rings is 2. The van der Waals surface area contributed by atoms with Gasteiger partial charge in [-0.1, -0.05) is 24.3 Å². The topological polar surface area (TPSA) is 73.3 Å². The third-order valence-corrected chi connectivity index (χ3v) is 6.79. The van der Waals surface area contributed by atoms with Crippen LogP contribution in [0, 0.1) is 0 Å². The van der Waals surface area contributed by atoms with Crippen molar-refractivity contribution in [1.29, 1.82) is 0 Å². The lowest BCUT2D eigenvalue weighted by Crippen LogP contribution is -2.13. The highest BCUT2D eigenvalue weighted by atomic mass is 32.1. The minimum Gasteiger partial charge on any atom is -0.497 e. The maximum Gasteiger partial charge on any atom is 0.258 e. The third-order valence-electron chi connectivity index (χ3n) is 5.14. The fourth-order valence-electron chi connectivity index (χ4n) is 3.55. The van der Waals surface area contributed by atoms with Crippen LogP contribution in [0.4, 0.5) is 5.13 Å². The Labute approximate surface area is 198 Å². The number of anilines is 1. The molecule has 2 aromatic carbocycles. The van der Waals surface area contributed by atoms with Crippen LogP contribution in [-0.4, -0.2) is 30.1 Å². The number of nitrogens with zero attached hydrogens (tertiary/aromatic N) is 2. The Bertz CT molecular complexity index is 1440. The molecule has 5 aromatic rings. The molecule has 8 heteroatoms. The fourth-order valence-corrected chi connectivity index (χ4v) is 4.94. The molecule has 33 heavy (non-hydrogen) atoms. The number of carbonyl (C=O) groups excluding carboxylic acids is 1. The first-order chi connectivity index (χ1) is 16.2. The Morgan fingerprint density at radius 3 is 2.58 bits per heavy atom. The summed E-state index contributed by atoms with van der Waals surface area (Å²) in [7, 11) is 3.22. The van der Waals surface area contributed by atoms with Crippen molar-refractivity contribution in [2.45, 2.75) is 0 Å². The van der Waals surface area contributed by atoms with Crippen molar-refractivity contribution in [1.82, 2.24) is 9.97 Å². The first kappa shape index (κ1) is 21.1. The minimum atomic E-state index is -0.232. The maximum absolute atomic E-state index is 13.3. The number of fused-ring (bicyclic) bond motifs is 1. The van der Waals surface area contributed by atoms with Crippen molar-refractivity contribution in [3.05, 3.63) is 77.0 Å². The van der Waals surface area contributed by atoms with Gasteiger partial charge in [-0.3, -0.25) is 10.1 Å². The van der Waals surface area contributed by atoms with Gasteiger partial charge in [0.1, 0.15) is 11.5 Å². The number of hydrogen-bond acceptors (Lipinski definition) is 7. The van der Waals surface area contributed by atoms with E-state index in [4.69, 9.17) is 14.5 Å². The Morgan fingerprint density at radius 2 is 1.79 bits per heavy atom. The molecule has 0 saturated carbocycles. The van der Waals surface area contributed by atoms with Crippen LogP contribution in [0.2, 0.25) is 0 Å². The Morgan fingerprint density at radius 1 is 0.909 bits per heavy atom. The first-order valence-corrected chi connectivity index (χ1v) is 11.8. The molecule has 0 radical (unpaired) electrons. The number of hydrogen-bond donors (Lipinski definition) is 1. The van der Waals surface area contributed by atoms with Gasteiger partial charge in [0.25, 0.3) is 5.91 Å². The van der Waals surface area contributed by atoms with E-state index in [1.807, 2.05) is 71.4 Å². The van der Waals surface area contributed by atoms with Crippen LogP contribution < -0.4 is 14.8 Å². The average Bonchev–Trinajstić information content (AvgIpc) is 3.55. The zero-order valence-corrected chi connectivity index (χ0v) is 19.5. The van der Waals surface area contributed by atoms with Gasteiger partial charge in [-0.25, -0.2) is 9.97 Å². The predicted molar refractivity (Wildman–Crippen MR) is 134 cm³/mol. The molecule has 3 heterocycles. The molecule has 0 aliphatic carbocycles. The summed E-state index contributed by atoms with van der Waals surface area (Å²) >= 11 is 2.94. The number of amides is 1. The van der Waals surface area contributed by atoms with Crippen molar-refractivity contribution in [3.63, 3.8) is 0 Å². The van der Waals surface area contributed by atoms with Crippen LogP contribution in [0.15, 0.2) is 71.4 Å². The van der Waals surface area contributed by atoms with E-state index in [1.165, 1.54) is 11.3 Å². The van der Waals surface area contributed by atoms with Gasteiger partial charge in [-0.15, -0.1) is 22.7 Å². The number of ether oxygens (including phenoxy) is 2. The van der Waals surface area contributed by atoms with Gasteiger partial charge < -0.3 is 9.47 Å². The minimum absolute atomic E-state index is 0.232. The Kier molecular flexibility index (Phi) is 5.77. The molecule has 3 aromatic heterocycles. The lowest BCUT2D eigenvalue weighted by Gasteiger charge is -2.09. The summed E-state index contributed by atoms with van der Waals surface area (Å²) < 4.78 is 10.8. The van der Waals surface area contributed by atoms with Gasteiger partial charge in [0.15, 0.2) is 5.13 Å². The second-order valence-corrected chi connectivity index (χ2v) is 8.91. The van der Waals surface area contributed by atoms with E-state index < -0.39 is 0 Å². The van der Waals surface area contributed by atoms with Crippen LogP contribution in [0.25, 0.3) is 32.7 Å². The van der Waals surface area contributed by atoms with Crippen molar-refractivity contribution >= 4 is 44.6 Å². The number of nitrogens with one attached hydrogen (secondary N) is 1. The number of carbonyl (C=O) groups is 1. The summed E-state index contributed by atoms with van der Waals surface area (Å²) in [5.74, 6) is 1.15. The van der Waals surface area contributed by atoms with Gasteiger partial charge >= 0.3 is 0 Å². The summed E-state index contributed by atoms with van der Waals surface area (Å²) in [5.41, 5.74) is 3.59. The lowest BCUT2D eigenvalue weighted by molar-refractivity contribution is 0.102.